The number of sulfone groups is 1. The van der Waals surface area contributed by atoms with E-state index in [0.29, 0.717) is 34.0 Å². The summed E-state index contributed by atoms with van der Waals surface area (Å²) in [7, 11) is -3.42. The smallest absolute Gasteiger partial charge is 0.387 e. The van der Waals surface area contributed by atoms with Gasteiger partial charge in [-0.2, -0.15) is 8.78 Å². The van der Waals surface area contributed by atoms with Gasteiger partial charge in [0.25, 0.3) is 0 Å². The predicted molar refractivity (Wildman–Crippen MR) is 149 cm³/mol. The lowest BCUT2D eigenvalue weighted by molar-refractivity contribution is -0.0497. The van der Waals surface area contributed by atoms with E-state index in [4.69, 9.17) is 16.0 Å². The number of aryl methyl sites for hydroxylation is 3. The predicted octanol–water partition coefficient (Wildman–Crippen LogP) is 7.44. The molecule has 0 saturated carbocycles. The Morgan fingerprint density at radius 3 is 2.35 bits per heavy atom. The second-order valence-corrected chi connectivity index (χ2v) is 11.7. The van der Waals surface area contributed by atoms with Crippen LogP contribution in [0.3, 0.4) is 0 Å². The fourth-order valence-electron chi connectivity index (χ4n) is 4.52. The molecular formula is C29H24ClF2N3O4S. The Hall–Kier alpha value is -4.02. The van der Waals surface area contributed by atoms with E-state index < -0.39 is 16.4 Å². The van der Waals surface area contributed by atoms with Gasteiger partial charge in [-0.25, -0.2) is 18.4 Å². The molecule has 0 aliphatic carbocycles. The molecule has 40 heavy (non-hydrogen) atoms. The van der Waals surface area contributed by atoms with E-state index in [1.165, 1.54) is 12.1 Å². The average molecular weight is 584 g/mol. The van der Waals surface area contributed by atoms with Gasteiger partial charge in [-0.05, 0) is 67.4 Å². The molecule has 0 spiro atoms. The number of hydrogen-bond donors (Lipinski definition) is 0. The van der Waals surface area contributed by atoms with Crippen molar-refractivity contribution in [2.75, 3.05) is 6.26 Å². The Balaban J connectivity index is 1.75. The van der Waals surface area contributed by atoms with E-state index in [2.05, 4.69) is 14.7 Å². The molecule has 5 rings (SSSR count). The number of oxazole rings is 1. The fourth-order valence-corrected chi connectivity index (χ4v) is 5.35. The summed E-state index contributed by atoms with van der Waals surface area (Å²) in [6, 6.07) is 16.8. The maximum absolute atomic E-state index is 13.0. The molecule has 0 amide bonds. The molecule has 7 nitrogen and oxygen atoms in total. The molecule has 0 aliphatic heterocycles. The van der Waals surface area contributed by atoms with Gasteiger partial charge in [0.1, 0.15) is 17.3 Å². The van der Waals surface area contributed by atoms with Crippen LogP contribution in [0.1, 0.15) is 17.4 Å². The van der Waals surface area contributed by atoms with Crippen molar-refractivity contribution in [1.29, 1.82) is 0 Å². The number of alkyl halides is 2. The van der Waals surface area contributed by atoms with E-state index in [0.717, 1.165) is 29.0 Å². The van der Waals surface area contributed by atoms with E-state index in [-0.39, 0.29) is 15.7 Å². The van der Waals surface area contributed by atoms with Gasteiger partial charge in [0.05, 0.1) is 21.3 Å². The van der Waals surface area contributed by atoms with Crippen LogP contribution < -0.4 is 4.74 Å². The monoisotopic (exact) mass is 583 g/mol. The third-order valence-electron chi connectivity index (χ3n) is 6.25. The van der Waals surface area contributed by atoms with Crippen LogP contribution in [-0.4, -0.2) is 35.8 Å². The number of rotatable bonds is 7. The van der Waals surface area contributed by atoms with Crippen LogP contribution in [0, 0.1) is 20.8 Å². The van der Waals surface area contributed by atoms with Crippen molar-refractivity contribution in [3.8, 4) is 45.1 Å². The third-order valence-corrected chi connectivity index (χ3v) is 7.68. The van der Waals surface area contributed by atoms with Crippen molar-refractivity contribution >= 4 is 21.4 Å². The summed E-state index contributed by atoms with van der Waals surface area (Å²) in [5, 5.41) is 0.0276. The Labute approximate surface area is 235 Å². The summed E-state index contributed by atoms with van der Waals surface area (Å²) >= 11 is 6.09. The number of benzene rings is 3. The molecular weight excluding hydrogens is 560 g/mol. The van der Waals surface area contributed by atoms with Crippen molar-refractivity contribution in [2.45, 2.75) is 32.3 Å². The van der Waals surface area contributed by atoms with Crippen molar-refractivity contribution in [3.63, 3.8) is 0 Å². The molecule has 0 fully saturated rings. The van der Waals surface area contributed by atoms with E-state index in [9.17, 15) is 17.2 Å². The summed E-state index contributed by atoms with van der Waals surface area (Å²) in [5.74, 6) is 1.23. The Morgan fingerprint density at radius 1 is 0.950 bits per heavy atom. The minimum atomic E-state index is -3.42. The maximum atomic E-state index is 13.0. The lowest BCUT2D eigenvalue weighted by Crippen LogP contribution is -2.02. The largest absolute Gasteiger partial charge is 0.440 e. The zero-order chi connectivity index (χ0) is 28.8. The zero-order valence-electron chi connectivity index (χ0n) is 21.9. The minimum Gasteiger partial charge on any atom is -0.440 e. The minimum absolute atomic E-state index is 0.0276. The van der Waals surface area contributed by atoms with Crippen LogP contribution in [0.25, 0.3) is 39.4 Å². The van der Waals surface area contributed by atoms with Crippen molar-refractivity contribution in [1.82, 2.24) is 14.5 Å². The second kappa shape index (κ2) is 10.5. The van der Waals surface area contributed by atoms with Crippen LogP contribution in [0.2, 0.25) is 5.02 Å². The second-order valence-electron chi connectivity index (χ2n) is 9.27. The quantitative estimate of drug-likeness (QED) is 0.198. The molecule has 2 aromatic heterocycles. The third kappa shape index (κ3) is 5.50. The van der Waals surface area contributed by atoms with Crippen LogP contribution >= 0.6 is 11.6 Å². The van der Waals surface area contributed by atoms with Crippen LogP contribution in [0.5, 0.6) is 5.75 Å². The normalized spacial score (nSPS) is 11.8. The summed E-state index contributed by atoms with van der Waals surface area (Å²) in [5.41, 5.74) is 4.53. The fraction of sp³-hybridized carbons (Fsp3) is 0.172. The first-order chi connectivity index (χ1) is 18.9. The first-order valence-corrected chi connectivity index (χ1v) is 14.4. The van der Waals surface area contributed by atoms with Gasteiger partial charge >= 0.3 is 6.61 Å². The summed E-state index contributed by atoms with van der Waals surface area (Å²) < 4.78 is 62.9. The first kappa shape index (κ1) is 27.5. The van der Waals surface area contributed by atoms with Crippen LogP contribution in [0.15, 0.2) is 76.2 Å². The maximum Gasteiger partial charge on any atom is 0.387 e. The highest BCUT2D eigenvalue weighted by Crippen LogP contribution is 2.40. The molecule has 11 heteroatoms. The van der Waals surface area contributed by atoms with Gasteiger partial charge < -0.3 is 13.7 Å². The van der Waals surface area contributed by atoms with Gasteiger partial charge in [0, 0.05) is 30.5 Å². The average Bonchev–Trinajstić information content (AvgIpc) is 3.45. The number of imidazole rings is 1. The summed E-state index contributed by atoms with van der Waals surface area (Å²) in [6.45, 7) is 2.40. The lowest BCUT2D eigenvalue weighted by Gasteiger charge is -2.14. The molecule has 206 valence electrons. The molecule has 5 aromatic rings. The highest BCUT2D eigenvalue weighted by molar-refractivity contribution is 7.90. The molecule has 0 aliphatic rings. The molecule has 0 atom stereocenters. The number of halogens is 3. The molecule has 2 heterocycles. The molecule has 0 saturated heterocycles. The Kier molecular flexibility index (Phi) is 7.24. The number of nitrogens with zero attached hydrogens (tertiary/aromatic N) is 3. The lowest BCUT2D eigenvalue weighted by atomic mass is 9.98. The standard InChI is InChI=1S/C29H24ClF2N3O4S/c1-16-15-35(17(2)33-16)25-11-9-20(19-6-5-7-22(12-19)40(4,36)37)13-23(25)27-28(38-18(3)34-27)21-8-10-24(30)26(14-21)39-29(31)32/h5-15,29H,1-4H3. The van der Waals surface area contributed by atoms with Gasteiger partial charge in [0.2, 0.25) is 0 Å². The van der Waals surface area contributed by atoms with Crippen molar-refractivity contribution in [2.24, 2.45) is 0 Å². The Morgan fingerprint density at radius 2 is 1.68 bits per heavy atom. The highest BCUT2D eigenvalue weighted by atomic mass is 35.5. The van der Waals surface area contributed by atoms with Gasteiger partial charge in [-0.15, -0.1) is 0 Å². The SMILES string of the molecule is Cc1cn(-c2ccc(-c3cccc(S(C)(=O)=O)c3)cc2-c2nc(C)oc2-c2ccc(Cl)c(OC(F)F)c2)c(C)n1. The van der Waals surface area contributed by atoms with Gasteiger partial charge in [-0.1, -0.05) is 29.8 Å². The van der Waals surface area contributed by atoms with Gasteiger partial charge in [-0.3, -0.25) is 0 Å². The van der Waals surface area contributed by atoms with E-state index >= 15 is 0 Å². The molecule has 0 bridgehead atoms. The number of aromatic nitrogens is 3. The Bertz CT molecular complexity index is 1850. The molecule has 0 unspecified atom stereocenters. The topological polar surface area (TPSA) is 87.2 Å². The molecule has 3 aromatic carbocycles. The van der Waals surface area contributed by atoms with E-state index in [1.54, 1.807) is 31.2 Å². The van der Waals surface area contributed by atoms with Crippen LogP contribution in [0.4, 0.5) is 8.78 Å². The van der Waals surface area contributed by atoms with E-state index in [1.807, 2.05) is 48.9 Å². The van der Waals surface area contributed by atoms with Crippen molar-refractivity contribution in [3.05, 3.63) is 89.3 Å². The summed E-state index contributed by atoms with van der Waals surface area (Å²) in [4.78, 5) is 9.39. The molecule has 0 N–H and O–H groups in total. The zero-order valence-corrected chi connectivity index (χ0v) is 23.5. The van der Waals surface area contributed by atoms with Gasteiger partial charge in [0.15, 0.2) is 21.5 Å². The van der Waals surface area contributed by atoms with Crippen LogP contribution in [-0.2, 0) is 9.84 Å². The first-order valence-electron chi connectivity index (χ1n) is 12.1. The van der Waals surface area contributed by atoms with Crippen molar-refractivity contribution < 1.29 is 26.4 Å². The number of ether oxygens (including phenoxy) is 1. The number of hydrogen-bond acceptors (Lipinski definition) is 6. The highest BCUT2D eigenvalue weighted by Gasteiger charge is 2.22. The molecule has 0 radical (unpaired) electrons. The summed E-state index contributed by atoms with van der Waals surface area (Å²) in [6.07, 6.45) is 3.05.